The third-order valence-electron chi connectivity index (χ3n) is 2.59. The first-order valence-corrected chi connectivity index (χ1v) is 5.97. The van der Waals surface area contributed by atoms with Crippen LogP contribution in [0.2, 0.25) is 0 Å². The molecule has 4 heteroatoms. The van der Waals surface area contributed by atoms with E-state index in [1.54, 1.807) is 0 Å². The van der Waals surface area contributed by atoms with Crippen molar-refractivity contribution in [1.29, 1.82) is 0 Å². The number of hydrogen-bond acceptors (Lipinski definition) is 2. The molecule has 2 rings (SSSR count). The SMILES string of the molecule is CC1(C)CNC(c2ccccc2Br)OC1.Cl. The van der Waals surface area contributed by atoms with Crippen LogP contribution in [-0.2, 0) is 4.74 Å². The second kappa shape index (κ2) is 5.50. The van der Waals surface area contributed by atoms with Crippen LogP contribution in [0.4, 0.5) is 0 Å². The van der Waals surface area contributed by atoms with Crippen molar-refractivity contribution in [2.24, 2.45) is 5.41 Å². The van der Waals surface area contributed by atoms with Gasteiger partial charge < -0.3 is 4.74 Å². The maximum atomic E-state index is 5.82. The topological polar surface area (TPSA) is 21.3 Å². The zero-order chi connectivity index (χ0) is 10.9. The molecule has 0 spiro atoms. The molecule has 0 aliphatic carbocycles. The van der Waals surface area contributed by atoms with Gasteiger partial charge in [-0.1, -0.05) is 48.0 Å². The van der Waals surface area contributed by atoms with Crippen LogP contribution in [0.15, 0.2) is 28.7 Å². The molecule has 0 radical (unpaired) electrons. The molecule has 1 aromatic rings. The molecule has 0 saturated carbocycles. The number of benzene rings is 1. The van der Waals surface area contributed by atoms with Gasteiger partial charge in [-0.3, -0.25) is 5.32 Å². The molecule has 1 aliphatic heterocycles. The van der Waals surface area contributed by atoms with E-state index in [4.69, 9.17) is 4.74 Å². The van der Waals surface area contributed by atoms with Crippen molar-refractivity contribution in [1.82, 2.24) is 5.32 Å². The van der Waals surface area contributed by atoms with Crippen LogP contribution >= 0.6 is 28.3 Å². The molecule has 1 N–H and O–H groups in total. The van der Waals surface area contributed by atoms with E-state index in [2.05, 4.69) is 41.2 Å². The Morgan fingerprint density at radius 2 is 2.06 bits per heavy atom. The maximum Gasteiger partial charge on any atom is 0.135 e. The molecular formula is C12H17BrClNO. The highest BCUT2D eigenvalue weighted by atomic mass is 79.9. The minimum absolute atomic E-state index is 0. The molecule has 1 unspecified atom stereocenters. The van der Waals surface area contributed by atoms with Crippen LogP contribution in [0.25, 0.3) is 0 Å². The lowest BCUT2D eigenvalue weighted by Crippen LogP contribution is -2.43. The summed E-state index contributed by atoms with van der Waals surface area (Å²) >= 11 is 3.54. The van der Waals surface area contributed by atoms with Gasteiger partial charge in [-0.25, -0.2) is 0 Å². The fourth-order valence-corrected chi connectivity index (χ4v) is 2.17. The summed E-state index contributed by atoms with van der Waals surface area (Å²) in [6.45, 7) is 6.19. The lowest BCUT2D eigenvalue weighted by Gasteiger charge is -2.36. The van der Waals surface area contributed by atoms with Crippen LogP contribution in [0.3, 0.4) is 0 Å². The second-order valence-electron chi connectivity index (χ2n) is 4.76. The summed E-state index contributed by atoms with van der Waals surface area (Å²) in [6.07, 6.45) is 0.0219. The molecule has 1 fully saturated rings. The average molecular weight is 307 g/mol. The summed E-state index contributed by atoms with van der Waals surface area (Å²) in [7, 11) is 0. The summed E-state index contributed by atoms with van der Waals surface area (Å²) in [5.74, 6) is 0. The summed E-state index contributed by atoms with van der Waals surface area (Å²) < 4.78 is 6.92. The van der Waals surface area contributed by atoms with E-state index >= 15 is 0 Å². The number of hydrogen-bond donors (Lipinski definition) is 1. The highest BCUT2D eigenvalue weighted by molar-refractivity contribution is 9.10. The molecule has 90 valence electrons. The lowest BCUT2D eigenvalue weighted by atomic mass is 9.93. The molecule has 1 saturated heterocycles. The van der Waals surface area contributed by atoms with Gasteiger partial charge in [-0.15, -0.1) is 12.4 Å². The Balaban J connectivity index is 0.00000128. The third kappa shape index (κ3) is 3.20. The van der Waals surface area contributed by atoms with Gasteiger partial charge in [0.1, 0.15) is 6.23 Å². The lowest BCUT2D eigenvalue weighted by molar-refractivity contribution is -0.0598. The Bertz CT molecular complexity index is 347. The molecule has 0 aromatic heterocycles. The molecule has 0 bridgehead atoms. The van der Waals surface area contributed by atoms with Crippen molar-refractivity contribution < 1.29 is 4.74 Å². The van der Waals surface area contributed by atoms with Gasteiger partial charge in [0.25, 0.3) is 0 Å². The highest BCUT2D eigenvalue weighted by Crippen LogP contribution is 2.30. The summed E-state index contributed by atoms with van der Waals surface area (Å²) in [5.41, 5.74) is 1.41. The quantitative estimate of drug-likeness (QED) is 0.857. The van der Waals surface area contributed by atoms with Crippen molar-refractivity contribution in [3.63, 3.8) is 0 Å². The number of halogens is 2. The first-order valence-electron chi connectivity index (χ1n) is 5.18. The van der Waals surface area contributed by atoms with Crippen LogP contribution in [0.1, 0.15) is 25.6 Å². The molecule has 1 aromatic carbocycles. The fourth-order valence-electron chi connectivity index (χ4n) is 1.68. The summed E-state index contributed by atoms with van der Waals surface area (Å²) in [6, 6.07) is 8.17. The van der Waals surface area contributed by atoms with Gasteiger partial charge in [0.15, 0.2) is 0 Å². The van der Waals surface area contributed by atoms with Gasteiger partial charge >= 0.3 is 0 Å². The third-order valence-corrected chi connectivity index (χ3v) is 3.32. The van der Waals surface area contributed by atoms with Crippen LogP contribution in [0, 0.1) is 5.41 Å². The molecule has 1 atom stereocenters. The minimum atomic E-state index is 0. The number of nitrogens with one attached hydrogen (secondary N) is 1. The van der Waals surface area contributed by atoms with Gasteiger partial charge in [0, 0.05) is 22.0 Å². The van der Waals surface area contributed by atoms with E-state index in [0.717, 1.165) is 17.6 Å². The Hall–Kier alpha value is -0.0900. The molecule has 0 amide bonds. The fraction of sp³-hybridized carbons (Fsp3) is 0.500. The summed E-state index contributed by atoms with van der Waals surface area (Å²) in [5, 5.41) is 3.41. The largest absolute Gasteiger partial charge is 0.358 e. The Morgan fingerprint density at radius 3 is 2.62 bits per heavy atom. The molecule has 16 heavy (non-hydrogen) atoms. The number of ether oxygens (including phenoxy) is 1. The standard InChI is InChI=1S/C12H16BrNO.ClH/c1-12(2)7-14-11(15-8-12)9-5-3-4-6-10(9)13;/h3-6,11,14H,7-8H2,1-2H3;1H. The molecule has 1 aliphatic rings. The molecule has 2 nitrogen and oxygen atoms in total. The Morgan fingerprint density at radius 1 is 1.38 bits per heavy atom. The van der Waals surface area contributed by atoms with Crippen molar-refractivity contribution in [2.45, 2.75) is 20.1 Å². The van der Waals surface area contributed by atoms with Gasteiger partial charge in [-0.05, 0) is 6.07 Å². The van der Waals surface area contributed by atoms with E-state index in [1.165, 1.54) is 5.56 Å². The van der Waals surface area contributed by atoms with Crippen molar-refractivity contribution in [2.75, 3.05) is 13.2 Å². The Kier molecular flexibility index (Phi) is 4.80. The first kappa shape index (κ1) is 14.0. The van der Waals surface area contributed by atoms with E-state index in [-0.39, 0.29) is 24.0 Å². The second-order valence-corrected chi connectivity index (χ2v) is 5.61. The minimum Gasteiger partial charge on any atom is -0.358 e. The normalized spacial score (nSPS) is 23.6. The average Bonchev–Trinajstić information content (AvgIpc) is 2.19. The monoisotopic (exact) mass is 305 g/mol. The van der Waals surface area contributed by atoms with Crippen molar-refractivity contribution in [3.8, 4) is 0 Å². The predicted octanol–water partition coefficient (Wildman–Crippen LogP) is 3.52. The Labute approximate surface area is 111 Å². The smallest absolute Gasteiger partial charge is 0.135 e. The zero-order valence-corrected chi connectivity index (χ0v) is 11.9. The van der Waals surface area contributed by atoms with Crippen LogP contribution in [-0.4, -0.2) is 13.2 Å². The van der Waals surface area contributed by atoms with E-state index in [0.29, 0.717) is 0 Å². The first-order chi connectivity index (χ1) is 7.08. The maximum absolute atomic E-state index is 5.82. The van der Waals surface area contributed by atoms with E-state index in [9.17, 15) is 0 Å². The van der Waals surface area contributed by atoms with Crippen LogP contribution < -0.4 is 5.32 Å². The van der Waals surface area contributed by atoms with E-state index < -0.39 is 0 Å². The van der Waals surface area contributed by atoms with Crippen LogP contribution in [0.5, 0.6) is 0 Å². The van der Waals surface area contributed by atoms with Gasteiger partial charge in [0.2, 0.25) is 0 Å². The molecular weight excluding hydrogens is 289 g/mol. The van der Waals surface area contributed by atoms with Gasteiger partial charge in [0.05, 0.1) is 6.61 Å². The molecule has 1 heterocycles. The number of rotatable bonds is 1. The van der Waals surface area contributed by atoms with Crippen molar-refractivity contribution >= 4 is 28.3 Å². The highest BCUT2D eigenvalue weighted by Gasteiger charge is 2.28. The van der Waals surface area contributed by atoms with Gasteiger partial charge in [-0.2, -0.15) is 0 Å². The zero-order valence-electron chi connectivity index (χ0n) is 9.50. The van der Waals surface area contributed by atoms with Crippen molar-refractivity contribution in [3.05, 3.63) is 34.3 Å². The van der Waals surface area contributed by atoms with E-state index in [1.807, 2.05) is 18.2 Å². The summed E-state index contributed by atoms with van der Waals surface area (Å²) in [4.78, 5) is 0. The predicted molar refractivity (Wildman–Crippen MR) is 71.9 cm³/mol.